The number of nitrogens with zero attached hydrogens (tertiary/aromatic N) is 1. The van der Waals surface area contributed by atoms with E-state index in [4.69, 9.17) is 9.47 Å². The van der Waals surface area contributed by atoms with Crippen molar-refractivity contribution in [3.05, 3.63) is 59.4 Å². The van der Waals surface area contributed by atoms with Crippen LogP contribution in [0.25, 0.3) is 0 Å². The Balaban J connectivity index is 0.00000392. The predicted octanol–water partition coefficient (Wildman–Crippen LogP) is 4.10. The summed E-state index contributed by atoms with van der Waals surface area (Å²) in [5.41, 5.74) is 1.32. The lowest BCUT2D eigenvalue weighted by Gasteiger charge is -2.27. The van der Waals surface area contributed by atoms with E-state index >= 15 is 0 Å². The highest BCUT2D eigenvalue weighted by atomic mass is 127. The molecule has 2 aromatic carbocycles. The zero-order valence-electron chi connectivity index (χ0n) is 17.0. The van der Waals surface area contributed by atoms with Crippen LogP contribution in [0.3, 0.4) is 0 Å². The van der Waals surface area contributed by atoms with E-state index in [0.29, 0.717) is 36.1 Å². The minimum Gasteiger partial charge on any atom is -0.493 e. The van der Waals surface area contributed by atoms with Gasteiger partial charge < -0.3 is 20.1 Å². The minimum absolute atomic E-state index is 0. The van der Waals surface area contributed by atoms with Crippen molar-refractivity contribution in [2.45, 2.75) is 25.8 Å². The van der Waals surface area contributed by atoms with Gasteiger partial charge in [0.15, 0.2) is 17.5 Å². The molecule has 0 aliphatic heterocycles. The molecule has 0 unspecified atom stereocenters. The Morgan fingerprint density at radius 2 is 1.71 bits per heavy atom. The zero-order valence-corrected chi connectivity index (χ0v) is 19.3. The molecule has 0 radical (unpaired) electrons. The number of hydrogen-bond donors (Lipinski definition) is 2. The third kappa shape index (κ3) is 6.25. The van der Waals surface area contributed by atoms with Crippen molar-refractivity contribution in [2.75, 3.05) is 27.8 Å². The summed E-state index contributed by atoms with van der Waals surface area (Å²) in [6, 6.07) is 12.6. The van der Waals surface area contributed by atoms with Crippen LogP contribution in [0.1, 0.15) is 25.0 Å². The normalized spacial score (nSPS) is 11.4. The molecule has 0 spiro atoms. The summed E-state index contributed by atoms with van der Waals surface area (Å²) in [5.74, 6) is 1.82. The molecule has 0 aliphatic carbocycles. The Kier molecular flexibility index (Phi) is 9.51. The summed E-state index contributed by atoms with van der Waals surface area (Å²) in [6.07, 6.45) is 0. The van der Waals surface area contributed by atoms with E-state index in [2.05, 4.69) is 15.6 Å². The molecule has 0 bridgehead atoms. The zero-order chi connectivity index (χ0) is 19.9. The monoisotopic (exact) mass is 501 g/mol. The van der Waals surface area contributed by atoms with Gasteiger partial charge in [0.1, 0.15) is 5.82 Å². The van der Waals surface area contributed by atoms with Crippen molar-refractivity contribution in [1.82, 2.24) is 10.6 Å². The number of benzene rings is 2. The molecule has 0 saturated heterocycles. The van der Waals surface area contributed by atoms with Crippen molar-refractivity contribution in [1.29, 1.82) is 0 Å². The summed E-state index contributed by atoms with van der Waals surface area (Å²) < 4.78 is 24.7. The second kappa shape index (κ2) is 11.1. The number of ether oxygens (including phenoxy) is 2. The predicted molar refractivity (Wildman–Crippen MR) is 123 cm³/mol. The summed E-state index contributed by atoms with van der Waals surface area (Å²) >= 11 is 0. The maximum absolute atomic E-state index is 14.1. The van der Waals surface area contributed by atoms with E-state index in [1.165, 1.54) is 6.07 Å². The minimum atomic E-state index is -0.383. The van der Waals surface area contributed by atoms with Crippen LogP contribution in [0.5, 0.6) is 11.5 Å². The van der Waals surface area contributed by atoms with Crippen LogP contribution >= 0.6 is 24.0 Å². The molecule has 0 aromatic heterocycles. The first-order valence-electron chi connectivity index (χ1n) is 8.81. The van der Waals surface area contributed by atoms with Gasteiger partial charge in [-0.15, -0.1) is 24.0 Å². The summed E-state index contributed by atoms with van der Waals surface area (Å²) in [6.45, 7) is 5.11. The van der Waals surface area contributed by atoms with Gasteiger partial charge in [-0.1, -0.05) is 38.1 Å². The van der Waals surface area contributed by atoms with Crippen LogP contribution in [-0.4, -0.2) is 33.8 Å². The Hall–Kier alpha value is -2.03. The highest BCUT2D eigenvalue weighted by Crippen LogP contribution is 2.27. The van der Waals surface area contributed by atoms with Crippen LogP contribution in [0.15, 0.2) is 47.5 Å². The molecule has 2 N–H and O–H groups in total. The van der Waals surface area contributed by atoms with E-state index in [9.17, 15) is 4.39 Å². The van der Waals surface area contributed by atoms with Gasteiger partial charge >= 0.3 is 0 Å². The highest BCUT2D eigenvalue weighted by Gasteiger charge is 2.24. The SMILES string of the molecule is CN=C(NCc1ccc(OC)c(OC)c1)NCC(C)(C)c1ccccc1F.I. The van der Waals surface area contributed by atoms with E-state index < -0.39 is 0 Å². The standard InChI is InChI=1S/C21H28FN3O2.HI/c1-21(2,16-8-6-7-9-17(16)22)14-25-20(23-3)24-13-15-10-11-18(26-4)19(12-15)27-5;/h6-12H,13-14H2,1-5H3,(H2,23,24,25);1H. The molecular formula is C21H29FIN3O2. The average Bonchev–Trinajstić information content (AvgIpc) is 2.68. The lowest BCUT2D eigenvalue weighted by atomic mass is 9.84. The molecule has 0 fully saturated rings. The molecule has 5 nitrogen and oxygen atoms in total. The van der Waals surface area contributed by atoms with Crippen LogP contribution in [-0.2, 0) is 12.0 Å². The van der Waals surface area contributed by atoms with Crippen LogP contribution < -0.4 is 20.1 Å². The first-order chi connectivity index (χ1) is 12.9. The maximum Gasteiger partial charge on any atom is 0.191 e. The van der Waals surface area contributed by atoms with Gasteiger partial charge in [-0.05, 0) is 29.3 Å². The Morgan fingerprint density at radius 3 is 2.32 bits per heavy atom. The molecule has 0 heterocycles. The molecule has 28 heavy (non-hydrogen) atoms. The number of rotatable bonds is 7. The van der Waals surface area contributed by atoms with Gasteiger partial charge in [-0.25, -0.2) is 4.39 Å². The Labute approximate surface area is 183 Å². The number of hydrogen-bond acceptors (Lipinski definition) is 3. The van der Waals surface area contributed by atoms with Crippen molar-refractivity contribution in [3.63, 3.8) is 0 Å². The second-order valence-corrected chi connectivity index (χ2v) is 6.83. The van der Waals surface area contributed by atoms with Gasteiger partial charge in [-0.3, -0.25) is 4.99 Å². The van der Waals surface area contributed by atoms with Crippen molar-refractivity contribution in [3.8, 4) is 11.5 Å². The van der Waals surface area contributed by atoms with Crippen LogP contribution in [0.2, 0.25) is 0 Å². The molecule has 2 aromatic rings. The second-order valence-electron chi connectivity index (χ2n) is 6.83. The lowest BCUT2D eigenvalue weighted by Crippen LogP contribution is -2.43. The number of halogens is 2. The van der Waals surface area contributed by atoms with E-state index in [1.807, 2.05) is 44.2 Å². The third-order valence-corrected chi connectivity index (χ3v) is 4.43. The maximum atomic E-state index is 14.1. The Morgan fingerprint density at radius 1 is 1.04 bits per heavy atom. The van der Waals surface area contributed by atoms with Gasteiger partial charge in [-0.2, -0.15) is 0 Å². The van der Waals surface area contributed by atoms with E-state index in [0.717, 1.165) is 5.56 Å². The molecular weight excluding hydrogens is 472 g/mol. The largest absolute Gasteiger partial charge is 0.493 e. The molecule has 154 valence electrons. The van der Waals surface area contributed by atoms with Crippen molar-refractivity contribution < 1.29 is 13.9 Å². The molecule has 0 amide bonds. The average molecular weight is 501 g/mol. The number of aliphatic imine (C=N–C) groups is 1. The highest BCUT2D eigenvalue weighted by molar-refractivity contribution is 14.0. The van der Waals surface area contributed by atoms with E-state index in [-0.39, 0.29) is 35.2 Å². The first-order valence-corrected chi connectivity index (χ1v) is 8.81. The molecule has 0 saturated carbocycles. The van der Waals surface area contributed by atoms with Crippen LogP contribution in [0, 0.1) is 5.82 Å². The summed E-state index contributed by atoms with van der Waals surface area (Å²) in [5, 5.41) is 6.54. The third-order valence-electron chi connectivity index (χ3n) is 4.43. The van der Waals surface area contributed by atoms with Crippen LogP contribution in [0.4, 0.5) is 4.39 Å². The fourth-order valence-electron chi connectivity index (χ4n) is 2.81. The smallest absolute Gasteiger partial charge is 0.191 e. The van der Waals surface area contributed by atoms with E-state index in [1.54, 1.807) is 27.3 Å². The molecule has 2 rings (SSSR count). The van der Waals surface area contributed by atoms with Gasteiger partial charge in [0, 0.05) is 25.6 Å². The number of nitrogens with one attached hydrogen (secondary N) is 2. The van der Waals surface area contributed by atoms with Gasteiger partial charge in [0.05, 0.1) is 14.2 Å². The molecule has 0 aliphatic rings. The van der Waals surface area contributed by atoms with Gasteiger partial charge in [0.25, 0.3) is 0 Å². The summed E-state index contributed by atoms with van der Waals surface area (Å²) in [4.78, 5) is 4.24. The van der Waals surface area contributed by atoms with Crippen molar-refractivity contribution in [2.24, 2.45) is 4.99 Å². The Bertz CT molecular complexity index is 797. The lowest BCUT2D eigenvalue weighted by molar-refractivity contribution is 0.354. The molecule has 7 heteroatoms. The van der Waals surface area contributed by atoms with Gasteiger partial charge in [0.2, 0.25) is 0 Å². The van der Waals surface area contributed by atoms with Crippen molar-refractivity contribution >= 4 is 29.9 Å². The fourth-order valence-corrected chi connectivity index (χ4v) is 2.81. The number of guanidine groups is 1. The topological polar surface area (TPSA) is 54.9 Å². The summed E-state index contributed by atoms with van der Waals surface area (Å²) in [7, 11) is 4.93. The molecule has 0 atom stereocenters. The number of methoxy groups -OCH3 is 2. The quantitative estimate of drug-likeness (QED) is 0.341. The fraction of sp³-hybridized carbons (Fsp3) is 0.381. The first kappa shape index (κ1) is 24.0.